The summed E-state index contributed by atoms with van der Waals surface area (Å²) in [5.41, 5.74) is 3.11. The Morgan fingerprint density at radius 2 is 1.72 bits per heavy atom. The van der Waals surface area contributed by atoms with Gasteiger partial charge in [-0.2, -0.15) is 0 Å². The standard InChI is InChI=1S/C15H16FNO/c1-11-6-3-4-8-14(11)17(2)15-9-5-7-13(16)12(15)10-18/h3-9,18H,10H2,1-2H3. The molecule has 2 aromatic carbocycles. The molecule has 94 valence electrons. The lowest BCUT2D eigenvalue weighted by molar-refractivity contribution is 0.276. The molecule has 0 saturated carbocycles. The maximum Gasteiger partial charge on any atom is 0.130 e. The predicted octanol–water partition coefficient (Wildman–Crippen LogP) is 3.39. The van der Waals surface area contributed by atoms with Gasteiger partial charge in [0, 0.05) is 24.0 Å². The molecule has 2 aromatic rings. The molecule has 0 unspecified atom stereocenters. The Labute approximate surface area is 106 Å². The number of rotatable bonds is 3. The minimum absolute atomic E-state index is 0.307. The number of para-hydroxylation sites is 1. The summed E-state index contributed by atoms with van der Waals surface area (Å²) < 4.78 is 13.6. The molecule has 0 saturated heterocycles. The van der Waals surface area contributed by atoms with Gasteiger partial charge in [-0.15, -0.1) is 0 Å². The monoisotopic (exact) mass is 245 g/mol. The molecule has 0 heterocycles. The maximum atomic E-state index is 13.6. The van der Waals surface area contributed by atoms with Gasteiger partial charge in [0.1, 0.15) is 5.82 Å². The van der Waals surface area contributed by atoms with Gasteiger partial charge in [-0.05, 0) is 30.7 Å². The Balaban J connectivity index is 2.50. The van der Waals surface area contributed by atoms with Crippen molar-refractivity contribution in [2.45, 2.75) is 13.5 Å². The van der Waals surface area contributed by atoms with Crippen LogP contribution in [0, 0.1) is 12.7 Å². The number of aryl methyl sites for hydroxylation is 1. The molecule has 18 heavy (non-hydrogen) atoms. The molecule has 0 spiro atoms. The molecule has 0 aliphatic rings. The first-order valence-corrected chi connectivity index (χ1v) is 5.82. The van der Waals surface area contributed by atoms with E-state index in [9.17, 15) is 9.50 Å². The third-order valence-electron chi connectivity index (χ3n) is 3.09. The molecule has 0 aliphatic carbocycles. The van der Waals surface area contributed by atoms with Crippen LogP contribution in [0.25, 0.3) is 0 Å². The molecule has 0 fully saturated rings. The topological polar surface area (TPSA) is 23.5 Å². The van der Waals surface area contributed by atoms with Crippen LogP contribution in [0.4, 0.5) is 15.8 Å². The number of benzene rings is 2. The summed E-state index contributed by atoms with van der Waals surface area (Å²) >= 11 is 0. The zero-order chi connectivity index (χ0) is 13.1. The number of hydrogen-bond acceptors (Lipinski definition) is 2. The fraction of sp³-hybridized carbons (Fsp3) is 0.200. The van der Waals surface area contributed by atoms with Crippen molar-refractivity contribution in [3.8, 4) is 0 Å². The molecule has 2 nitrogen and oxygen atoms in total. The van der Waals surface area contributed by atoms with E-state index >= 15 is 0 Å². The van der Waals surface area contributed by atoms with E-state index in [4.69, 9.17) is 0 Å². The number of hydrogen-bond donors (Lipinski definition) is 1. The van der Waals surface area contributed by atoms with Crippen LogP contribution in [0.3, 0.4) is 0 Å². The third-order valence-corrected chi connectivity index (χ3v) is 3.09. The minimum atomic E-state index is -0.379. The van der Waals surface area contributed by atoms with Gasteiger partial charge in [0.2, 0.25) is 0 Å². The Kier molecular flexibility index (Phi) is 3.63. The summed E-state index contributed by atoms with van der Waals surface area (Å²) in [4.78, 5) is 1.89. The zero-order valence-electron chi connectivity index (χ0n) is 10.5. The molecule has 1 N–H and O–H groups in total. The van der Waals surface area contributed by atoms with Gasteiger partial charge in [0.15, 0.2) is 0 Å². The van der Waals surface area contributed by atoms with E-state index in [1.165, 1.54) is 6.07 Å². The summed E-state index contributed by atoms with van der Waals surface area (Å²) in [6.45, 7) is 1.70. The number of halogens is 1. The second-order valence-electron chi connectivity index (χ2n) is 4.24. The van der Waals surface area contributed by atoms with Gasteiger partial charge in [-0.1, -0.05) is 24.3 Å². The van der Waals surface area contributed by atoms with E-state index < -0.39 is 0 Å². The first-order valence-electron chi connectivity index (χ1n) is 5.82. The molecule has 2 rings (SSSR count). The highest BCUT2D eigenvalue weighted by molar-refractivity contribution is 5.68. The van der Waals surface area contributed by atoms with Crippen molar-refractivity contribution >= 4 is 11.4 Å². The fourth-order valence-corrected chi connectivity index (χ4v) is 2.09. The van der Waals surface area contributed by atoms with Gasteiger partial charge in [-0.3, -0.25) is 0 Å². The van der Waals surface area contributed by atoms with Crippen molar-refractivity contribution in [1.29, 1.82) is 0 Å². The number of aliphatic hydroxyl groups is 1. The summed E-state index contributed by atoms with van der Waals surface area (Å²) in [6, 6.07) is 12.7. The van der Waals surface area contributed by atoms with Gasteiger partial charge in [0.05, 0.1) is 6.61 Å². The van der Waals surface area contributed by atoms with Gasteiger partial charge < -0.3 is 10.0 Å². The molecular formula is C15H16FNO. The van der Waals surface area contributed by atoms with E-state index in [0.717, 1.165) is 11.3 Å². The van der Waals surface area contributed by atoms with E-state index in [0.29, 0.717) is 11.3 Å². The highest BCUT2D eigenvalue weighted by Gasteiger charge is 2.13. The average molecular weight is 245 g/mol. The lowest BCUT2D eigenvalue weighted by Gasteiger charge is -2.24. The molecule has 0 aliphatic heterocycles. The van der Waals surface area contributed by atoms with Crippen molar-refractivity contribution in [3.63, 3.8) is 0 Å². The van der Waals surface area contributed by atoms with Crippen molar-refractivity contribution in [2.75, 3.05) is 11.9 Å². The first-order chi connectivity index (χ1) is 8.65. The fourth-order valence-electron chi connectivity index (χ4n) is 2.09. The van der Waals surface area contributed by atoms with Crippen LogP contribution >= 0.6 is 0 Å². The van der Waals surface area contributed by atoms with Crippen molar-refractivity contribution in [1.82, 2.24) is 0 Å². The smallest absolute Gasteiger partial charge is 0.130 e. The molecule has 0 aromatic heterocycles. The molecule has 3 heteroatoms. The van der Waals surface area contributed by atoms with E-state index in [-0.39, 0.29) is 12.4 Å². The Morgan fingerprint density at radius 3 is 2.39 bits per heavy atom. The summed E-state index contributed by atoms with van der Waals surface area (Å²) in [7, 11) is 1.87. The van der Waals surface area contributed by atoms with Crippen molar-refractivity contribution in [3.05, 3.63) is 59.4 Å². The quantitative estimate of drug-likeness (QED) is 0.896. The lowest BCUT2D eigenvalue weighted by atomic mass is 10.1. The van der Waals surface area contributed by atoms with Crippen LogP contribution in [0.2, 0.25) is 0 Å². The van der Waals surface area contributed by atoms with Gasteiger partial charge >= 0.3 is 0 Å². The summed E-state index contributed by atoms with van der Waals surface area (Å²) in [5, 5.41) is 9.30. The van der Waals surface area contributed by atoms with Gasteiger partial charge in [-0.25, -0.2) is 4.39 Å². The second-order valence-corrected chi connectivity index (χ2v) is 4.24. The Bertz CT molecular complexity index is 554. The lowest BCUT2D eigenvalue weighted by Crippen LogP contribution is -2.13. The Hall–Kier alpha value is -1.87. The molecule has 0 bridgehead atoms. The van der Waals surface area contributed by atoms with Crippen LogP contribution in [0.1, 0.15) is 11.1 Å². The van der Waals surface area contributed by atoms with Crippen molar-refractivity contribution < 1.29 is 9.50 Å². The number of nitrogens with zero attached hydrogens (tertiary/aromatic N) is 1. The van der Waals surface area contributed by atoms with Crippen LogP contribution in [0.5, 0.6) is 0 Å². The molecule has 0 atom stereocenters. The molecule has 0 amide bonds. The van der Waals surface area contributed by atoms with Crippen LogP contribution < -0.4 is 4.90 Å². The first kappa shape index (κ1) is 12.6. The predicted molar refractivity (Wildman–Crippen MR) is 71.6 cm³/mol. The average Bonchev–Trinajstić information content (AvgIpc) is 2.38. The summed E-state index contributed by atoms with van der Waals surface area (Å²) in [5.74, 6) is -0.379. The van der Waals surface area contributed by atoms with E-state index in [1.54, 1.807) is 12.1 Å². The van der Waals surface area contributed by atoms with E-state index in [2.05, 4.69) is 0 Å². The van der Waals surface area contributed by atoms with Gasteiger partial charge in [0.25, 0.3) is 0 Å². The normalized spacial score (nSPS) is 10.4. The largest absolute Gasteiger partial charge is 0.391 e. The zero-order valence-corrected chi connectivity index (χ0v) is 10.5. The highest BCUT2D eigenvalue weighted by atomic mass is 19.1. The van der Waals surface area contributed by atoms with Crippen LogP contribution in [-0.4, -0.2) is 12.2 Å². The molecule has 0 radical (unpaired) electrons. The van der Waals surface area contributed by atoms with Crippen molar-refractivity contribution in [2.24, 2.45) is 0 Å². The summed E-state index contributed by atoms with van der Waals surface area (Å²) in [6.07, 6.45) is 0. The second kappa shape index (κ2) is 5.19. The highest BCUT2D eigenvalue weighted by Crippen LogP contribution is 2.30. The number of anilines is 2. The molecular weight excluding hydrogens is 229 g/mol. The maximum absolute atomic E-state index is 13.6. The SMILES string of the molecule is Cc1ccccc1N(C)c1cccc(F)c1CO. The van der Waals surface area contributed by atoms with Crippen LogP contribution in [0.15, 0.2) is 42.5 Å². The van der Waals surface area contributed by atoms with Crippen LogP contribution in [-0.2, 0) is 6.61 Å². The number of aliphatic hydroxyl groups excluding tert-OH is 1. The Morgan fingerprint density at radius 1 is 1.06 bits per heavy atom. The third kappa shape index (κ3) is 2.22. The minimum Gasteiger partial charge on any atom is -0.391 e. The van der Waals surface area contributed by atoms with E-state index in [1.807, 2.05) is 43.1 Å².